The van der Waals surface area contributed by atoms with Gasteiger partial charge in [-0.2, -0.15) is 0 Å². The Morgan fingerprint density at radius 3 is 2.40 bits per heavy atom. The van der Waals surface area contributed by atoms with Gasteiger partial charge >= 0.3 is 0 Å². The maximum absolute atomic E-state index is 13.8. The number of fused-ring (bicyclic) bond motifs is 1. The lowest BCUT2D eigenvalue weighted by atomic mass is 10.2. The molecule has 0 aliphatic carbocycles. The lowest BCUT2D eigenvalue weighted by molar-refractivity contribution is 0.622. The standard InChI is InChI=1S/C13H6BrCl2FN2S/c14-9-4-11-12(5-10(9)17)19(13(20)18-11)8-2-6(15)1-7(16)3-8/h1-5H,(H,18,20). The Labute approximate surface area is 137 Å². The number of benzene rings is 2. The zero-order chi connectivity index (χ0) is 14.4. The Morgan fingerprint density at radius 1 is 1.10 bits per heavy atom. The Kier molecular flexibility index (Phi) is 3.62. The van der Waals surface area contributed by atoms with E-state index in [0.29, 0.717) is 30.5 Å². The van der Waals surface area contributed by atoms with E-state index in [0.717, 1.165) is 5.52 Å². The van der Waals surface area contributed by atoms with Crippen molar-refractivity contribution in [3.63, 3.8) is 0 Å². The first-order valence-corrected chi connectivity index (χ1v) is 7.47. The molecule has 1 aromatic heterocycles. The maximum atomic E-state index is 13.8. The predicted molar refractivity (Wildman–Crippen MR) is 86.1 cm³/mol. The van der Waals surface area contributed by atoms with Crippen LogP contribution in [-0.2, 0) is 0 Å². The molecular formula is C13H6BrCl2FN2S. The van der Waals surface area contributed by atoms with Crippen molar-refractivity contribution in [3.05, 3.63) is 55.4 Å². The summed E-state index contributed by atoms with van der Waals surface area (Å²) in [5.74, 6) is -0.367. The molecule has 1 heterocycles. The van der Waals surface area contributed by atoms with Gasteiger partial charge in [-0.1, -0.05) is 23.2 Å². The van der Waals surface area contributed by atoms with E-state index >= 15 is 0 Å². The molecule has 0 amide bonds. The van der Waals surface area contributed by atoms with E-state index in [-0.39, 0.29) is 5.82 Å². The summed E-state index contributed by atoms with van der Waals surface area (Å²) in [7, 11) is 0. The van der Waals surface area contributed by atoms with Gasteiger partial charge in [-0.25, -0.2) is 4.39 Å². The van der Waals surface area contributed by atoms with Crippen LogP contribution in [0.5, 0.6) is 0 Å². The number of rotatable bonds is 1. The average Bonchev–Trinajstić information content (AvgIpc) is 2.64. The van der Waals surface area contributed by atoms with Gasteiger partial charge in [0.2, 0.25) is 0 Å². The molecular weight excluding hydrogens is 386 g/mol. The number of nitrogens with zero attached hydrogens (tertiary/aromatic N) is 1. The van der Waals surface area contributed by atoms with Crippen LogP contribution in [0.3, 0.4) is 0 Å². The molecule has 0 bridgehead atoms. The third-order valence-electron chi connectivity index (χ3n) is 2.83. The fraction of sp³-hybridized carbons (Fsp3) is 0. The van der Waals surface area contributed by atoms with Crippen LogP contribution in [0.1, 0.15) is 0 Å². The van der Waals surface area contributed by atoms with Gasteiger partial charge in [0.1, 0.15) is 5.82 Å². The van der Waals surface area contributed by atoms with Crippen LogP contribution in [0, 0.1) is 10.6 Å². The summed E-state index contributed by atoms with van der Waals surface area (Å²) in [4.78, 5) is 3.03. The van der Waals surface area contributed by atoms with E-state index in [4.69, 9.17) is 35.4 Å². The number of aromatic amines is 1. The maximum Gasteiger partial charge on any atom is 0.182 e. The smallest absolute Gasteiger partial charge is 0.182 e. The van der Waals surface area contributed by atoms with E-state index in [2.05, 4.69) is 20.9 Å². The lowest BCUT2D eigenvalue weighted by Crippen LogP contribution is -1.94. The summed E-state index contributed by atoms with van der Waals surface area (Å²) >= 11 is 20.4. The number of hydrogen-bond acceptors (Lipinski definition) is 1. The molecule has 102 valence electrons. The molecule has 7 heteroatoms. The third-order valence-corrected chi connectivity index (χ3v) is 4.16. The number of nitrogens with one attached hydrogen (secondary N) is 1. The molecule has 3 rings (SSSR count). The highest BCUT2D eigenvalue weighted by Gasteiger charge is 2.11. The second-order valence-electron chi connectivity index (χ2n) is 4.18. The lowest BCUT2D eigenvalue weighted by Gasteiger charge is -2.06. The van der Waals surface area contributed by atoms with Crippen molar-refractivity contribution in [1.29, 1.82) is 0 Å². The number of halogens is 4. The molecule has 3 aromatic rings. The van der Waals surface area contributed by atoms with Crippen LogP contribution < -0.4 is 0 Å². The van der Waals surface area contributed by atoms with E-state index in [1.165, 1.54) is 6.07 Å². The molecule has 0 saturated heterocycles. The Morgan fingerprint density at radius 2 is 1.75 bits per heavy atom. The predicted octanol–water partition coefficient (Wildman–Crippen LogP) is 5.90. The number of aromatic nitrogens is 2. The van der Waals surface area contributed by atoms with Gasteiger partial charge < -0.3 is 4.98 Å². The highest BCUT2D eigenvalue weighted by Crippen LogP contribution is 2.28. The SMILES string of the molecule is Fc1cc2c(cc1Br)[nH]c(=S)n2-c1cc(Cl)cc(Cl)c1. The van der Waals surface area contributed by atoms with E-state index < -0.39 is 0 Å². The van der Waals surface area contributed by atoms with Gasteiger partial charge in [0.15, 0.2) is 4.77 Å². The number of hydrogen-bond donors (Lipinski definition) is 1. The summed E-state index contributed by atoms with van der Waals surface area (Å²) in [5.41, 5.74) is 2.02. The first-order chi connectivity index (χ1) is 9.45. The molecule has 20 heavy (non-hydrogen) atoms. The van der Waals surface area contributed by atoms with E-state index in [1.54, 1.807) is 28.8 Å². The Balaban J connectivity index is 2.38. The van der Waals surface area contributed by atoms with Gasteiger partial charge in [0.05, 0.1) is 21.2 Å². The summed E-state index contributed by atoms with van der Waals surface area (Å²) < 4.78 is 16.3. The van der Waals surface area contributed by atoms with Crippen molar-refractivity contribution < 1.29 is 4.39 Å². The van der Waals surface area contributed by atoms with Crippen molar-refractivity contribution in [2.75, 3.05) is 0 Å². The van der Waals surface area contributed by atoms with Crippen molar-refractivity contribution in [2.45, 2.75) is 0 Å². The van der Waals surface area contributed by atoms with Crippen LogP contribution in [-0.4, -0.2) is 9.55 Å². The Hall–Kier alpha value is -0.880. The molecule has 2 aromatic carbocycles. The molecule has 0 aliphatic rings. The number of imidazole rings is 1. The number of H-pyrrole nitrogens is 1. The van der Waals surface area contributed by atoms with Crippen LogP contribution in [0.15, 0.2) is 34.8 Å². The topological polar surface area (TPSA) is 20.7 Å². The largest absolute Gasteiger partial charge is 0.330 e. The van der Waals surface area contributed by atoms with Gasteiger partial charge in [0, 0.05) is 16.1 Å². The quantitative estimate of drug-likeness (QED) is 0.512. The van der Waals surface area contributed by atoms with Crippen molar-refractivity contribution in [1.82, 2.24) is 9.55 Å². The summed E-state index contributed by atoms with van der Waals surface area (Å²) in [6.45, 7) is 0. The highest BCUT2D eigenvalue weighted by atomic mass is 79.9. The molecule has 0 fully saturated rings. The molecule has 0 saturated carbocycles. The molecule has 0 spiro atoms. The zero-order valence-corrected chi connectivity index (χ0v) is 13.7. The molecule has 0 atom stereocenters. The molecule has 2 nitrogen and oxygen atoms in total. The zero-order valence-electron chi connectivity index (χ0n) is 9.75. The molecule has 0 aliphatic heterocycles. The minimum Gasteiger partial charge on any atom is -0.330 e. The van der Waals surface area contributed by atoms with Gasteiger partial charge in [0.25, 0.3) is 0 Å². The van der Waals surface area contributed by atoms with Crippen LogP contribution in [0.2, 0.25) is 10.0 Å². The average molecular weight is 392 g/mol. The highest BCUT2D eigenvalue weighted by molar-refractivity contribution is 9.10. The second-order valence-corrected chi connectivity index (χ2v) is 6.29. The normalized spacial score (nSPS) is 11.2. The van der Waals surface area contributed by atoms with Gasteiger partial charge in [-0.05, 0) is 52.4 Å². The molecule has 0 radical (unpaired) electrons. The first kappa shape index (κ1) is 14.1. The molecule has 1 N–H and O–H groups in total. The Bertz CT molecular complexity index is 868. The fourth-order valence-corrected chi connectivity index (χ4v) is 3.20. The monoisotopic (exact) mass is 390 g/mol. The minimum absolute atomic E-state index is 0.367. The summed E-state index contributed by atoms with van der Waals surface area (Å²) in [5, 5.41) is 0.975. The summed E-state index contributed by atoms with van der Waals surface area (Å²) in [6.07, 6.45) is 0. The van der Waals surface area contributed by atoms with Crippen molar-refractivity contribution in [3.8, 4) is 5.69 Å². The summed E-state index contributed by atoms with van der Waals surface area (Å²) in [6, 6.07) is 8.11. The van der Waals surface area contributed by atoms with Gasteiger partial charge in [-0.15, -0.1) is 0 Å². The first-order valence-electron chi connectivity index (χ1n) is 5.52. The minimum atomic E-state index is -0.367. The van der Waals surface area contributed by atoms with Crippen LogP contribution in [0.4, 0.5) is 4.39 Å². The van der Waals surface area contributed by atoms with E-state index in [1.807, 2.05) is 0 Å². The van der Waals surface area contributed by atoms with E-state index in [9.17, 15) is 4.39 Å². The van der Waals surface area contributed by atoms with Gasteiger partial charge in [-0.3, -0.25) is 4.57 Å². The third kappa shape index (κ3) is 2.39. The van der Waals surface area contributed by atoms with Crippen molar-refractivity contribution in [2.24, 2.45) is 0 Å². The fourth-order valence-electron chi connectivity index (χ4n) is 2.03. The molecule has 0 unspecified atom stereocenters. The van der Waals surface area contributed by atoms with Crippen LogP contribution >= 0.6 is 51.3 Å². The second kappa shape index (κ2) is 5.15. The van der Waals surface area contributed by atoms with Crippen LogP contribution in [0.25, 0.3) is 16.7 Å². The van der Waals surface area contributed by atoms with Crippen molar-refractivity contribution >= 4 is 62.4 Å².